The summed E-state index contributed by atoms with van der Waals surface area (Å²) in [7, 11) is 0. The fourth-order valence-corrected chi connectivity index (χ4v) is 2.73. The lowest BCUT2D eigenvalue weighted by molar-refractivity contribution is 0.886. The van der Waals surface area contributed by atoms with Gasteiger partial charge in [-0.3, -0.25) is 0 Å². The molecule has 1 N–H and O–H groups in total. The molecule has 1 heterocycles. The van der Waals surface area contributed by atoms with Gasteiger partial charge in [0.15, 0.2) is 0 Å². The molecule has 0 aliphatic rings. The molecule has 3 heteroatoms. The molecule has 1 aromatic heterocycles. The Hall–Kier alpha value is -1.90. The molecular weight excluding hydrogens is 258 g/mol. The second-order valence-corrected chi connectivity index (χ2v) is 5.62. The van der Waals surface area contributed by atoms with Gasteiger partial charge in [0.25, 0.3) is 0 Å². The molecule has 2 aromatic rings. The molecule has 2 rings (SSSR count). The Kier molecular flexibility index (Phi) is 4.94. The number of rotatable bonds is 5. The molecular formula is C18H25N3. The third-order valence-electron chi connectivity index (χ3n) is 3.62. The van der Waals surface area contributed by atoms with Gasteiger partial charge in [0, 0.05) is 24.2 Å². The highest BCUT2D eigenvalue weighted by Crippen LogP contribution is 2.18. The Balaban J connectivity index is 2.36. The quantitative estimate of drug-likeness (QED) is 0.901. The van der Waals surface area contributed by atoms with Crippen molar-refractivity contribution >= 4 is 5.82 Å². The number of hydrogen-bond acceptors (Lipinski definition) is 3. The van der Waals surface area contributed by atoms with E-state index in [4.69, 9.17) is 9.97 Å². The number of aryl methyl sites for hydroxylation is 3. The molecule has 21 heavy (non-hydrogen) atoms. The van der Waals surface area contributed by atoms with Crippen molar-refractivity contribution in [2.75, 3.05) is 11.9 Å². The van der Waals surface area contributed by atoms with Gasteiger partial charge >= 0.3 is 0 Å². The van der Waals surface area contributed by atoms with Gasteiger partial charge in [-0.05, 0) is 39.7 Å². The van der Waals surface area contributed by atoms with Crippen molar-refractivity contribution in [3.63, 3.8) is 0 Å². The number of hydrogen-bond donors (Lipinski definition) is 1. The summed E-state index contributed by atoms with van der Waals surface area (Å²) < 4.78 is 0. The lowest BCUT2D eigenvalue weighted by Crippen LogP contribution is -2.09. The van der Waals surface area contributed by atoms with E-state index in [2.05, 4.69) is 58.1 Å². The molecule has 0 unspecified atom stereocenters. The minimum absolute atomic E-state index is 0.786. The van der Waals surface area contributed by atoms with Crippen LogP contribution in [0.15, 0.2) is 18.2 Å². The summed E-state index contributed by atoms with van der Waals surface area (Å²) in [6.07, 6.45) is 1.72. The smallest absolute Gasteiger partial charge is 0.135 e. The van der Waals surface area contributed by atoms with E-state index >= 15 is 0 Å². The lowest BCUT2D eigenvalue weighted by atomic mass is 10.0. The Morgan fingerprint density at radius 3 is 2.19 bits per heavy atom. The highest BCUT2D eigenvalue weighted by Gasteiger charge is 2.10. The second kappa shape index (κ2) is 6.70. The average molecular weight is 283 g/mol. The fourth-order valence-electron chi connectivity index (χ4n) is 2.73. The van der Waals surface area contributed by atoms with Crippen LogP contribution >= 0.6 is 0 Å². The molecule has 112 valence electrons. The van der Waals surface area contributed by atoms with Crippen LogP contribution in [0.4, 0.5) is 5.82 Å². The highest BCUT2D eigenvalue weighted by molar-refractivity contribution is 5.46. The fraction of sp³-hybridized carbons (Fsp3) is 0.444. The highest BCUT2D eigenvalue weighted by atomic mass is 15.0. The summed E-state index contributed by atoms with van der Waals surface area (Å²) in [5.41, 5.74) is 6.17. The van der Waals surface area contributed by atoms with E-state index in [1.165, 1.54) is 22.3 Å². The van der Waals surface area contributed by atoms with Gasteiger partial charge in [0.1, 0.15) is 11.6 Å². The topological polar surface area (TPSA) is 37.8 Å². The van der Waals surface area contributed by atoms with E-state index in [-0.39, 0.29) is 0 Å². The van der Waals surface area contributed by atoms with Crippen LogP contribution in [0.3, 0.4) is 0 Å². The van der Waals surface area contributed by atoms with Crippen LogP contribution in [-0.4, -0.2) is 16.5 Å². The Labute approximate surface area is 127 Å². The molecule has 0 atom stereocenters. The standard InChI is InChI=1S/C18H25N3/c1-6-16-14(5)18(19-7-2)21-17(20-16)11-15-9-12(3)8-13(4)10-15/h8-10H,6-7,11H2,1-5H3,(H,19,20,21). The number of nitrogens with zero attached hydrogens (tertiary/aromatic N) is 2. The molecule has 0 amide bonds. The van der Waals surface area contributed by atoms with Crippen LogP contribution in [0.1, 0.15) is 47.6 Å². The minimum Gasteiger partial charge on any atom is -0.370 e. The van der Waals surface area contributed by atoms with Crippen LogP contribution in [0, 0.1) is 20.8 Å². The molecule has 0 saturated carbocycles. The normalized spacial score (nSPS) is 10.7. The summed E-state index contributed by atoms with van der Waals surface area (Å²) in [5, 5.41) is 3.35. The zero-order chi connectivity index (χ0) is 15.4. The summed E-state index contributed by atoms with van der Waals surface area (Å²) in [6.45, 7) is 11.5. The summed E-state index contributed by atoms with van der Waals surface area (Å²) in [5.74, 6) is 1.88. The van der Waals surface area contributed by atoms with E-state index in [0.717, 1.165) is 36.7 Å². The van der Waals surface area contributed by atoms with Crippen LogP contribution < -0.4 is 5.32 Å². The molecule has 0 bridgehead atoms. The third-order valence-corrected chi connectivity index (χ3v) is 3.62. The molecule has 0 radical (unpaired) electrons. The first-order valence-electron chi connectivity index (χ1n) is 7.70. The molecule has 0 aliphatic carbocycles. The van der Waals surface area contributed by atoms with Crippen LogP contribution in [-0.2, 0) is 12.8 Å². The SMILES string of the molecule is CCNc1nc(Cc2cc(C)cc(C)c2)nc(CC)c1C. The third kappa shape index (κ3) is 3.81. The van der Waals surface area contributed by atoms with Gasteiger partial charge in [0.05, 0.1) is 0 Å². The van der Waals surface area contributed by atoms with Crippen molar-refractivity contribution in [2.45, 2.75) is 47.5 Å². The van der Waals surface area contributed by atoms with E-state index in [1.54, 1.807) is 0 Å². The average Bonchev–Trinajstić information content (AvgIpc) is 2.41. The zero-order valence-corrected chi connectivity index (χ0v) is 13.7. The van der Waals surface area contributed by atoms with E-state index in [1.807, 2.05) is 0 Å². The summed E-state index contributed by atoms with van der Waals surface area (Å²) in [6, 6.07) is 6.63. The number of benzene rings is 1. The molecule has 1 aromatic carbocycles. The van der Waals surface area contributed by atoms with E-state index in [0.29, 0.717) is 0 Å². The molecule has 3 nitrogen and oxygen atoms in total. The van der Waals surface area contributed by atoms with Gasteiger partial charge in [-0.15, -0.1) is 0 Å². The second-order valence-electron chi connectivity index (χ2n) is 5.62. The first kappa shape index (κ1) is 15.5. The van der Waals surface area contributed by atoms with E-state index < -0.39 is 0 Å². The first-order chi connectivity index (χ1) is 10.0. The van der Waals surface area contributed by atoms with Crippen molar-refractivity contribution in [3.8, 4) is 0 Å². The van der Waals surface area contributed by atoms with Gasteiger partial charge in [-0.1, -0.05) is 36.2 Å². The summed E-state index contributed by atoms with van der Waals surface area (Å²) >= 11 is 0. The first-order valence-corrected chi connectivity index (χ1v) is 7.70. The van der Waals surface area contributed by atoms with Crippen molar-refractivity contribution in [1.82, 2.24) is 9.97 Å². The maximum Gasteiger partial charge on any atom is 0.135 e. The Bertz CT molecular complexity index is 612. The zero-order valence-electron chi connectivity index (χ0n) is 13.7. The largest absolute Gasteiger partial charge is 0.370 e. The van der Waals surface area contributed by atoms with Crippen molar-refractivity contribution in [3.05, 3.63) is 52.0 Å². The van der Waals surface area contributed by atoms with Gasteiger partial charge in [-0.25, -0.2) is 9.97 Å². The molecule has 0 saturated heterocycles. The number of aromatic nitrogens is 2. The van der Waals surface area contributed by atoms with Crippen molar-refractivity contribution in [1.29, 1.82) is 0 Å². The van der Waals surface area contributed by atoms with Crippen LogP contribution in [0.5, 0.6) is 0 Å². The van der Waals surface area contributed by atoms with Crippen LogP contribution in [0.2, 0.25) is 0 Å². The predicted molar refractivity (Wildman–Crippen MR) is 89.0 cm³/mol. The van der Waals surface area contributed by atoms with Gasteiger partial charge in [-0.2, -0.15) is 0 Å². The van der Waals surface area contributed by atoms with Crippen LogP contribution in [0.25, 0.3) is 0 Å². The van der Waals surface area contributed by atoms with Gasteiger partial charge < -0.3 is 5.32 Å². The Morgan fingerprint density at radius 2 is 1.62 bits per heavy atom. The Morgan fingerprint density at radius 1 is 0.952 bits per heavy atom. The maximum atomic E-state index is 4.74. The van der Waals surface area contributed by atoms with Crippen molar-refractivity contribution < 1.29 is 0 Å². The molecule has 0 aliphatic heterocycles. The van der Waals surface area contributed by atoms with Gasteiger partial charge in [0.2, 0.25) is 0 Å². The van der Waals surface area contributed by atoms with Crippen molar-refractivity contribution in [2.24, 2.45) is 0 Å². The number of nitrogens with one attached hydrogen (secondary N) is 1. The van der Waals surface area contributed by atoms with E-state index in [9.17, 15) is 0 Å². The minimum atomic E-state index is 0.786. The molecule has 0 fully saturated rings. The molecule has 0 spiro atoms. The predicted octanol–water partition coefficient (Wildman–Crippen LogP) is 3.99. The monoisotopic (exact) mass is 283 g/mol. The maximum absolute atomic E-state index is 4.74. The number of anilines is 1. The lowest BCUT2D eigenvalue weighted by Gasteiger charge is -2.13. The summed E-state index contributed by atoms with van der Waals surface area (Å²) in [4.78, 5) is 9.44.